The summed E-state index contributed by atoms with van der Waals surface area (Å²) in [6.07, 6.45) is 2.15. The number of hydrogen-bond donors (Lipinski definition) is 1. The van der Waals surface area contributed by atoms with Crippen LogP contribution in [0.4, 0.5) is 0 Å². The summed E-state index contributed by atoms with van der Waals surface area (Å²) in [6.45, 7) is 2.03. The van der Waals surface area contributed by atoms with Gasteiger partial charge in [-0.05, 0) is 24.1 Å². The van der Waals surface area contributed by atoms with Crippen LogP contribution in [0.2, 0.25) is 0 Å². The molecular formula is C16H15NO3. The second kappa shape index (κ2) is 6.10. The Morgan fingerprint density at radius 2 is 1.95 bits per heavy atom. The third kappa shape index (κ3) is 3.29. The first-order valence-corrected chi connectivity index (χ1v) is 6.40. The van der Waals surface area contributed by atoms with E-state index in [4.69, 9.17) is 5.11 Å². The third-order valence-corrected chi connectivity index (χ3v) is 3.02. The number of nitrogens with zero attached hydrogens (tertiary/aromatic N) is 1. The van der Waals surface area contributed by atoms with Crippen molar-refractivity contribution in [2.24, 2.45) is 0 Å². The molecule has 0 unspecified atom stereocenters. The lowest BCUT2D eigenvalue weighted by atomic mass is 10.0. The van der Waals surface area contributed by atoms with Crippen molar-refractivity contribution in [2.45, 2.75) is 19.8 Å². The summed E-state index contributed by atoms with van der Waals surface area (Å²) < 4.78 is 0. The lowest BCUT2D eigenvalue weighted by molar-refractivity contribution is -0.135. The molecule has 2 aromatic rings. The highest BCUT2D eigenvalue weighted by Crippen LogP contribution is 2.20. The maximum absolute atomic E-state index is 11.7. The average Bonchev–Trinajstić information content (AvgIpc) is 2.47. The summed E-state index contributed by atoms with van der Waals surface area (Å²) in [5, 5.41) is 8.66. The quantitative estimate of drug-likeness (QED) is 0.669. The number of hydrogen-bond acceptors (Lipinski definition) is 3. The summed E-state index contributed by atoms with van der Waals surface area (Å²) in [5.41, 5.74) is 3.18. The van der Waals surface area contributed by atoms with Gasteiger partial charge in [0.15, 0.2) is 5.78 Å². The minimum absolute atomic E-state index is 0.391. The van der Waals surface area contributed by atoms with E-state index >= 15 is 0 Å². The van der Waals surface area contributed by atoms with Crippen LogP contribution in [0.3, 0.4) is 0 Å². The molecule has 0 saturated carbocycles. The molecule has 0 spiro atoms. The van der Waals surface area contributed by atoms with Gasteiger partial charge in [-0.2, -0.15) is 0 Å². The van der Waals surface area contributed by atoms with Crippen molar-refractivity contribution in [3.05, 3.63) is 53.9 Å². The number of rotatable bonds is 5. The number of carboxylic acids is 1. The van der Waals surface area contributed by atoms with Gasteiger partial charge < -0.3 is 5.11 Å². The van der Waals surface area contributed by atoms with Crippen LogP contribution in [-0.2, 0) is 11.2 Å². The van der Waals surface area contributed by atoms with Gasteiger partial charge in [0, 0.05) is 23.0 Å². The third-order valence-electron chi connectivity index (χ3n) is 3.02. The van der Waals surface area contributed by atoms with Gasteiger partial charge in [0.25, 0.3) is 0 Å². The largest absolute Gasteiger partial charge is 0.481 e. The number of aliphatic carboxylic acids is 1. The molecule has 20 heavy (non-hydrogen) atoms. The molecule has 1 heterocycles. The Morgan fingerprint density at radius 3 is 2.55 bits per heavy atom. The van der Waals surface area contributed by atoms with Crippen LogP contribution in [-0.4, -0.2) is 21.8 Å². The summed E-state index contributed by atoms with van der Waals surface area (Å²) in [7, 11) is 0. The first kappa shape index (κ1) is 13.9. The Balaban J connectivity index is 2.28. The smallest absolute Gasteiger partial charge is 0.311 e. The second-order valence-electron chi connectivity index (χ2n) is 4.47. The van der Waals surface area contributed by atoms with Gasteiger partial charge in [-0.3, -0.25) is 14.6 Å². The lowest BCUT2D eigenvalue weighted by Gasteiger charge is -2.05. The standard InChI is InChI=1S/C16H15NO3/c1-2-14-7-6-13(10-17-14)11-4-3-5-12(8-11)15(18)9-16(19)20/h3-8,10H,2,9H2,1H3,(H,19,20). The molecule has 4 nitrogen and oxygen atoms in total. The van der Waals surface area contributed by atoms with Crippen LogP contribution in [0, 0.1) is 0 Å². The van der Waals surface area contributed by atoms with Crippen molar-refractivity contribution in [2.75, 3.05) is 0 Å². The number of aromatic nitrogens is 1. The number of Topliss-reactive ketones (excluding diaryl/α,β-unsaturated/α-hetero) is 1. The van der Waals surface area contributed by atoms with E-state index in [-0.39, 0.29) is 0 Å². The molecular weight excluding hydrogens is 254 g/mol. The van der Waals surface area contributed by atoms with Crippen LogP contribution in [0.25, 0.3) is 11.1 Å². The fraction of sp³-hybridized carbons (Fsp3) is 0.188. The Bertz CT molecular complexity index is 632. The van der Waals surface area contributed by atoms with E-state index in [0.29, 0.717) is 5.56 Å². The van der Waals surface area contributed by atoms with E-state index in [1.807, 2.05) is 25.1 Å². The number of benzene rings is 1. The minimum Gasteiger partial charge on any atom is -0.481 e. The van der Waals surface area contributed by atoms with E-state index in [0.717, 1.165) is 23.2 Å². The summed E-state index contributed by atoms with van der Waals surface area (Å²) in [5.74, 6) is -1.51. The number of carbonyl (C=O) groups is 2. The van der Waals surface area contributed by atoms with Crippen LogP contribution in [0.1, 0.15) is 29.4 Å². The monoisotopic (exact) mass is 269 g/mol. The van der Waals surface area contributed by atoms with Gasteiger partial charge in [0.2, 0.25) is 0 Å². The molecule has 0 amide bonds. The Labute approximate surface area is 117 Å². The first-order valence-electron chi connectivity index (χ1n) is 6.40. The topological polar surface area (TPSA) is 67.3 Å². The molecule has 0 bridgehead atoms. The molecule has 0 aliphatic rings. The predicted molar refractivity (Wildman–Crippen MR) is 75.6 cm³/mol. The molecule has 0 saturated heterocycles. The highest BCUT2D eigenvalue weighted by atomic mass is 16.4. The predicted octanol–water partition coefficient (Wildman–Crippen LogP) is 2.97. The normalized spacial score (nSPS) is 10.2. The van der Waals surface area contributed by atoms with E-state index in [9.17, 15) is 9.59 Å². The van der Waals surface area contributed by atoms with Gasteiger partial charge >= 0.3 is 5.97 Å². The number of ketones is 1. The molecule has 4 heteroatoms. The minimum atomic E-state index is -1.12. The second-order valence-corrected chi connectivity index (χ2v) is 4.47. The van der Waals surface area contributed by atoms with Crippen LogP contribution in [0.5, 0.6) is 0 Å². The van der Waals surface area contributed by atoms with Crippen molar-refractivity contribution in [3.63, 3.8) is 0 Å². The van der Waals surface area contributed by atoms with Gasteiger partial charge in [0.1, 0.15) is 6.42 Å². The molecule has 0 fully saturated rings. The number of carboxylic acid groups (broad SMARTS) is 1. The number of pyridine rings is 1. The van der Waals surface area contributed by atoms with Crippen molar-refractivity contribution >= 4 is 11.8 Å². The van der Waals surface area contributed by atoms with Crippen LogP contribution >= 0.6 is 0 Å². The van der Waals surface area contributed by atoms with E-state index in [1.54, 1.807) is 24.4 Å². The van der Waals surface area contributed by atoms with Gasteiger partial charge in [-0.25, -0.2) is 0 Å². The number of aryl methyl sites for hydroxylation is 1. The van der Waals surface area contributed by atoms with Crippen LogP contribution < -0.4 is 0 Å². The maximum atomic E-state index is 11.7. The van der Waals surface area contributed by atoms with Crippen molar-refractivity contribution in [1.29, 1.82) is 0 Å². The zero-order chi connectivity index (χ0) is 14.5. The average molecular weight is 269 g/mol. The molecule has 0 radical (unpaired) electrons. The highest BCUT2D eigenvalue weighted by Gasteiger charge is 2.11. The van der Waals surface area contributed by atoms with Crippen molar-refractivity contribution < 1.29 is 14.7 Å². The zero-order valence-corrected chi connectivity index (χ0v) is 11.2. The molecule has 1 aromatic carbocycles. The van der Waals surface area contributed by atoms with Gasteiger partial charge in [0.05, 0.1) is 0 Å². The zero-order valence-electron chi connectivity index (χ0n) is 11.2. The maximum Gasteiger partial charge on any atom is 0.311 e. The Kier molecular flexibility index (Phi) is 4.25. The summed E-state index contributed by atoms with van der Waals surface area (Å²) in [4.78, 5) is 26.6. The molecule has 102 valence electrons. The van der Waals surface area contributed by atoms with E-state index < -0.39 is 18.2 Å². The summed E-state index contributed by atoms with van der Waals surface area (Å²) in [6, 6.07) is 10.8. The van der Waals surface area contributed by atoms with Crippen molar-refractivity contribution in [1.82, 2.24) is 4.98 Å². The van der Waals surface area contributed by atoms with E-state index in [2.05, 4.69) is 4.98 Å². The van der Waals surface area contributed by atoms with Crippen molar-refractivity contribution in [3.8, 4) is 11.1 Å². The van der Waals surface area contributed by atoms with E-state index in [1.165, 1.54) is 0 Å². The highest BCUT2D eigenvalue weighted by molar-refractivity contribution is 6.06. The van der Waals surface area contributed by atoms with Gasteiger partial charge in [-0.1, -0.05) is 31.2 Å². The molecule has 1 N–H and O–H groups in total. The number of carbonyl (C=O) groups excluding carboxylic acids is 1. The Hall–Kier alpha value is -2.49. The fourth-order valence-corrected chi connectivity index (χ4v) is 1.92. The molecule has 0 aliphatic heterocycles. The SMILES string of the molecule is CCc1ccc(-c2cccc(C(=O)CC(=O)O)c2)cn1. The fourth-order valence-electron chi connectivity index (χ4n) is 1.92. The molecule has 1 aromatic heterocycles. The van der Waals surface area contributed by atoms with Crippen LogP contribution in [0.15, 0.2) is 42.6 Å². The Morgan fingerprint density at radius 1 is 1.15 bits per heavy atom. The first-order chi connectivity index (χ1) is 9.60. The molecule has 0 aliphatic carbocycles. The molecule has 2 rings (SSSR count). The van der Waals surface area contributed by atoms with Gasteiger partial charge in [-0.15, -0.1) is 0 Å². The molecule has 0 atom stereocenters. The summed E-state index contributed by atoms with van der Waals surface area (Å²) >= 11 is 0. The lowest BCUT2D eigenvalue weighted by Crippen LogP contribution is -2.06.